The molecule has 0 aromatic rings. The maximum Gasteiger partial charge on any atom is 0.327 e. The topological polar surface area (TPSA) is 74.6 Å². The van der Waals surface area contributed by atoms with E-state index in [1.807, 2.05) is 0 Å². The van der Waals surface area contributed by atoms with Crippen molar-refractivity contribution in [1.82, 2.24) is 0 Å². The standard InChI is InChI=1S/C3H5O2.C3H4O2.Hf/c2*1-2-3(4)5;/h2H,1H3,(H,4,5);2H,1H2,(H,4,5);/q-1;;. The summed E-state index contributed by atoms with van der Waals surface area (Å²) in [5, 5.41) is 15.3. The van der Waals surface area contributed by atoms with Crippen molar-refractivity contribution in [2.75, 3.05) is 0 Å². The van der Waals surface area contributed by atoms with E-state index in [4.69, 9.17) is 10.2 Å². The van der Waals surface area contributed by atoms with Crippen molar-refractivity contribution in [3.8, 4) is 0 Å². The van der Waals surface area contributed by atoms with Crippen LogP contribution in [0.15, 0.2) is 12.7 Å². The van der Waals surface area contributed by atoms with Crippen LogP contribution in [0.1, 0.15) is 6.92 Å². The molecule has 4 nitrogen and oxygen atoms in total. The predicted octanol–water partition coefficient (Wildman–Crippen LogP) is 0.550. The minimum Gasteiger partial charge on any atom is -0.503 e. The minimum atomic E-state index is -0.981. The van der Waals surface area contributed by atoms with Crippen LogP contribution >= 0.6 is 0 Å². The van der Waals surface area contributed by atoms with Crippen molar-refractivity contribution in [3.63, 3.8) is 0 Å². The number of aliphatic carboxylic acids is 2. The van der Waals surface area contributed by atoms with E-state index < -0.39 is 11.9 Å². The van der Waals surface area contributed by atoms with Gasteiger partial charge in [-0.1, -0.05) is 6.58 Å². The number of carboxylic acids is 2. The molecule has 0 saturated heterocycles. The molecule has 0 spiro atoms. The molecule has 0 fully saturated rings. The molecule has 0 aromatic carbocycles. The summed E-state index contributed by atoms with van der Waals surface area (Å²) >= 11 is 0. The van der Waals surface area contributed by atoms with Crippen LogP contribution < -0.4 is 0 Å². The first-order valence-electron chi connectivity index (χ1n) is 2.42. The van der Waals surface area contributed by atoms with Gasteiger partial charge in [-0.2, -0.15) is 6.92 Å². The van der Waals surface area contributed by atoms with Gasteiger partial charge in [-0.05, 0) is 0 Å². The van der Waals surface area contributed by atoms with E-state index >= 15 is 0 Å². The Bertz CT molecular complexity index is 133. The van der Waals surface area contributed by atoms with E-state index in [9.17, 15) is 9.59 Å². The third kappa shape index (κ3) is 44.3. The first-order valence-corrected chi connectivity index (χ1v) is 2.42. The third-order valence-corrected chi connectivity index (χ3v) is 0.422. The fourth-order valence-electron chi connectivity index (χ4n) is 0. The first-order chi connectivity index (χ1) is 4.54. The fraction of sp³-hybridized carbons (Fsp3) is 0.167. The zero-order valence-electron chi connectivity index (χ0n) is 6.07. The molecule has 0 unspecified atom stereocenters. The third-order valence-electron chi connectivity index (χ3n) is 0.422. The quantitative estimate of drug-likeness (QED) is 0.442. The van der Waals surface area contributed by atoms with Gasteiger partial charge in [0.25, 0.3) is 0 Å². The van der Waals surface area contributed by atoms with E-state index in [-0.39, 0.29) is 25.8 Å². The maximum atomic E-state index is 9.31. The second-order valence-electron chi connectivity index (χ2n) is 1.17. The van der Waals surface area contributed by atoms with E-state index in [2.05, 4.69) is 6.58 Å². The molecule has 0 aromatic heterocycles. The Balaban J connectivity index is -0.000000107. The van der Waals surface area contributed by atoms with Gasteiger partial charge >= 0.3 is 5.97 Å². The molecule has 62 valence electrons. The summed E-state index contributed by atoms with van der Waals surface area (Å²) in [6, 6.07) is 0. The average Bonchev–Trinajstić information content (AvgIpc) is 1.89. The van der Waals surface area contributed by atoms with Crippen molar-refractivity contribution >= 4 is 11.9 Å². The predicted molar refractivity (Wildman–Crippen MR) is 35.4 cm³/mol. The Hall–Kier alpha value is -0.580. The molecule has 0 bridgehead atoms. The molecule has 0 radical (unpaired) electrons. The number of rotatable bonds is 2. The van der Waals surface area contributed by atoms with Crippen LogP contribution in [0.3, 0.4) is 0 Å². The Kier molecular flexibility index (Phi) is 18.5. The summed E-state index contributed by atoms with van der Waals surface area (Å²) in [6.07, 6.45) is 1.92. The SMILES string of the molecule is C=CC(=O)O.C[CH-]C(=O)O.[Hf]. The molecule has 0 atom stereocenters. The summed E-state index contributed by atoms with van der Waals surface area (Å²) in [4.78, 5) is 18.6. The zero-order valence-corrected chi connectivity index (χ0v) is 9.67. The second kappa shape index (κ2) is 12.1. The summed E-state index contributed by atoms with van der Waals surface area (Å²) in [5.41, 5.74) is 0. The Morgan fingerprint density at radius 3 is 1.64 bits per heavy atom. The molecule has 11 heavy (non-hydrogen) atoms. The fourth-order valence-corrected chi connectivity index (χ4v) is 0. The smallest absolute Gasteiger partial charge is 0.327 e. The zero-order chi connectivity index (χ0) is 8.57. The molecule has 5 heteroatoms. The second-order valence-corrected chi connectivity index (χ2v) is 1.17. The molecule has 0 amide bonds. The molecule has 0 saturated carbocycles. The number of carbonyl (C=O) groups is 2. The molecule has 2 N–H and O–H groups in total. The van der Waals surface area contributed by atoms with Gasteiger partial charge in [0, 0.05) is 31.9 Å². The monoisotopic (exact) mass is 325 g/mol. The van der Waals surface area contributed by atoms with Gasteiger partial charge in [0.15, 0.2) is 5.97 Å². The minimum absolute atomic E-state index is 0. The van der Waals surface area contributed by atoms with E-state index in [1.165, 1.54) is 6.92 Å². The molecule has 0 aliphatic carbocycles. The average molecular weight is 324 g/mol. The van der Waals surface area contributed by atoms with Gasteiger partial charge in [-0.15, -0.1) is 0 Å². The van der Waals surface area contributed by atoms with Gasteiger partial charge in [0.05, 0.1) is 0 Å². The van der Waals surface area contributed by atoms with Gasteiger partial charge in [0.2, 0.25) is 0 Å². The number of hydrogen-bond donors (Lipinski definition) is 2. The van der Waals surface area contributed by atoms with Crippen molar-refractivity contribution in [1.29, 1.82) is 0 Å². The van der Waals surface area contributed by atoms with Gasteiger partial charge in [-0.25, -0.2) is 4.79 Å². The summed E-state index contributed by atoms with van der Waals surface area (Å²) < 4.78 is 0. The van der Waals surface area contributed by atoms with Crippen molar-refractivity contribution in [2.45, 2.75) is 6.92 Å². The van der Waals surface area contributed by atoms with Crippen LogP contribution in [0.25, 0.3) is 0 Å². The Morgan fingerprint density at radius 2 is 1.64 bits per heavy atom. The first kappa shape index (κ1) is 16.8. The molecule has 0 aliphatic heterocycles. The van der Waals surface area contributed by atoms with Crippen LogP contribution in [0.5, 0.6) is 0 Å². The summed E-state index contributed by atoms with van der Waals surface area (Å²) in [5.74, 6) is -1.85. The summed E-state index contributed by atoms with van der Waals surface area (Å²) in [7, 11) is 0. The molecular formula is C6H9HfO4-. The van der Waals surface area contributed by atoms with Crippen molar-refractivity contribution < 1.29 is 45.6 Å². The largest absolute Gasteiger partial charge is 0.503 e. The van der Waals surface area contributed by atoms with Crippen LogP contribution in [-0.4, -0.2) is 22.2 Å². The number of carboxylic acid groups (broad SMARTS) is 2. The van der Waals surface area contributed by atoms with Crippen LogP contribution in [0.4, 0.5) is 0 Å². The van der Waals surface area contributed by atoms with E-state index in [1.54, 1.807) is 0 Å². The van der Waals surface area contributed by atoms with Gasteiger partial charge < -0.3 is 10.2 Å². The van der Waals surface area contributed by atoms with Crippen molar-refractivity contribution in [2.24, 2.45) is 0 Å². The number of hydrogen-bond acceptors (Lipinski definition) is 2. The normalized spacial score (nSPS) is 5.91. The Morgan fingerprint density at radius 1 is 1.45 bits per heavy atom. The molecule has 0 heterocycles. The molecule has 0 rings (SSSR count). The van der Waals surface area contributed by atoms with Crippen LogP contribution in [0.2, 0.25) is 0 Å². The van der Waals surface area contributed by atoms with E-state index in [0.717, 1.165) is 12.5 Å². The van der Waals surface area contributed by atoms with Crippen LogP contribution in [-0.2, 0) is 35.4 Å². The molecular weight excluding hydrogens is 315 g/mol. The summed E-state index contributed by atoms with van der Waals surface area (Å²) in [6.45, 7) is 4.44. The van der Waals surface area contributed by atoms with Gasteiger partial charge in [-0.3, -0.25) is 11.2 Å². The van der Waals surface area contributed by atoms with E-state index in [0.29, 0.717) is 0 Å². The van der Waals surface area contributed by atoms with Gasteiger partial charge in [0.1, 0.15) is 0 Å². The maximum absolute atomic E-state index is 9.31. The molecule has 0 aliphatic rings. The van der Waals surface area contributed by atoms with Crippen LogP contribution in [0, 0.1) is 6.42 Å². The Labute approximate surface area is 83.7 Å². The van der Waals surface area contributed by atoms with Crippen molar-refractivity contribution in [3.05, 3.63) is 19.1 Å².